The van der Waals surface area contributed by atoms with Gasteiger partial charge >= 0.3 is 0 Å². The number of carbonyl (C=O) groups is 1. The number of fused-ring (bicyclic) bond motifs is 1. The standard InChI is InChI=1S/C25H29N5O2S/c1-16-17(2)30(14-18-7-6-12-32-18)24(19(16)13-26)28-23(31)15-29-11-5-9-21(29)25-27-20-8-3-4-10-22(20)33-25/h3-4,8,10,18,21H,5-7,9,11-12,14-15H2,1-2H3,(H,28,31)/t18-,21-/m0/s1. The number of thiazole rings is 1. The number of benzene rings is 1. The van der Waals surface area contributed by atoms with Crippen molar-refractivity contribution < 1.29 is 9.53 Å². The number of nitrogens with one attached hydrogen (secondary N) is 1. The van der Waals surface area contributed by atoms with Crippen molar-refractivity contribution in [3.63, 3.8) is 0 Å². The summed E-state index contributed by atoms with van der Waals surface area (Å²) in [5.74, 6) is 0.509. The van der Waals surface area contributed by atoms with E-state index >= 15 is 0 Å². The van der Waals surface area contributed by atoms with E-state index in [0.717, 1.165) is 60.6 Å². The van der Waals surface area contributed by atoms with Crippen LogP contribution in [0.4, 0.5) is 5.82 Å². The van der Waals surface area contributed by atoms with Gasteiger partial charge in [0, 0.05) is 12.3 Å². The van der Waals surface area contributed by atoms with Gasteiger partial charge in [-0.2, -0.15) is 5.26 Å². The molecule has 0 saturated carbocycles. The minimum atomic E-state index is -0.0920. The molecule has 0 bridgehead atoms. The maximum Gasteiger partial charge on any atom is 0.239 e. The predicted molar refractivity (Wildman–Crippen MR) is 129 cm³/mol. The zero-order valence-electron chi connectivity index (χ0n) is 19.1. The summed E-state index contributed by atoms with van der Waals surface area (Å²) in [5.41, 5.74) is 3.48. The first-order valence-electron chi connectivity index (χ1n) is 11.7. The van der Waals surface area contributed by atoms with E-state index in [2.05, 4.69) is 26.9 Å². The number of para-hydroxylation sites is 1. The van der Waals surface area contributed by atoms with Gasteiger partial charge in [-0.1, -0.05) is 12.1 Å². The summed E-state index contributed by atoms with van der Waals surface area (Å²) >= 11 is 1.72. The van der Waals surface area contributed by atoms with Gasteiger partial charge in [-0.05, 0) is 63.8 Å². The van der Waals surface area contributed by atoms with Crippen LogP contribution in [0.1, 0.15) is 53.6 Å². The lowest BCUT2D eigenvalue weighted by Crippen LogP contribution is -2.33. The molecular formula is C25H29N5O2S. The van der Waals surface area contributed by atoms with Crippen molar-refractivity contribution in [2.75, 3.05) is 25.0 Å². The first-order chi connectivity index (χ1) is 16.0. The summed E-state index contributed by atoms with van der Waals surface area (Å²) < 4.78 is 9.05. The number of nitrogens with zero attached hydrogens (tertiary/aromatic N) is 4. The van der Waals surface area contributed by atoms with Crippen molar-refractivity contribution >= 4 is 33.3 Å². The van der Waals surface area contributed by atoms with Gasteiger partial charge in [0.25, 0.3) is 0 Å². The van der Waals surface area contributed by atoms with Crippen molar-refractivity contribution in [1.29, 1.82) is 5.26 Å². The van der Waals surface area contributed by atoms with Gasteiger partial charge in [0.1, 0.15) is 16.9 Å². The highest BCUT2D eigenvalue weighted by Crippen LogP contribution is 2.36. The second kappa shape index (κ2) is 9.26. The van der Waals surface area contributed by atoms with E-state index in [1.165, 1.54) is 4.70 Å². The number of ether oxygens (including phenoxy) is 1. The maximum absolute atomic E-state index is 13.2. The number of amides is 1. The smallest absolute Gasteiger partial charge is 0.239 e. The van der Waals surface area contributed by atoms with Gasteiger partial charge in [-0.15, -0.1) is 11.3 Å². The Kier molecular flexibility index (Phi) is 6.19. The Labute approximate surface area is 198 Å². The topological polar surface area (TPSA) is 83.2 Å². The van der Waals surface area contributed by atoms with Crippen LogP contribution in [-0.2, 0) is 16.1 Å². The molecule has 0 unspecified atom stereocenters. The maximum atomic E-state index is 13.2. The molecular weight excluding hydrogens is 434 g/mol. The third-order valence-corrected chi connectivity index (χ3v) is 8.05. The fraction of sp³-hybridized carbons (Fsp3) is 0.480. The first kappa shape index (κ1) is 22.1. The number of rotatable bonds is 6. The van der Waals surface area contributed by atoms with Gasteiger partial charge in [-0.3, -0.25) is 9.69 Å². The van der Waals surface area contributed by atoms with E-state index < -0.39 is 0 Å². The van der Waals surface area contributed by atoms with Crippen LogP contribution in [0, 0.1) is 25.2 Å². The highest BCUT2D eigenvalue weighted by atomic mass is 32.1. The molecule has 4 heterocycles. The molecule has 0 radical (unpaired) electrons. The number of hydrogen-bond donors (Lipinski definition) is 1. The molecule has 2 atom stereocenters. The van der Waals surface area contributed by atoms with Crippen LogP contribution in [-0.4, -0.2) is 46.2 Å². The molecule has 33 heavy (non-hydrogen) atoms. The van der Waals surface area contributed by atoms with Crippen molar-refractivity contribution in [1.82, 2.24) is 14.5 Å². The van der Waals surface area contributed by atoms with Gasteiger partial charge in [-0.25, -0.2) is 4.98 Å². The zero-order valence-corrected chi connectivity index (χ0v) is 20.0. The van der Waals surface area contributed by atoms with Gasteiger partial charge in [0.15, 0.2) is 0 Å². The molecule has 172 valence electrons. The molecule has 3 aromatic rings. The molecule has 1 aromatic carbocycles. The second-order valence-electron chi connectivity index (χ2n) is 8.99. The summed E-state index contributed by atoms with van der Waals surface area (Å²) in [4.78, 5) is 20.2. The fourth-order valence-electron chi connectivity index (χ4n) is 5.03. The molecule has 8 heteroatoms. The van der Waals surface area contributed by atoms with Gasteiger partial charge < -0.3 is 14.6 Å². The molecule has 2 saturated heterocycles. The van der Waals surface area contributed by atoms with E-state index in [1.54, 1.807) is 11.3 Å². The lowest BCUT2D eigenvalue weighted by molar-refractivity contribution is -0.117. The SMILES string of the molecule is Cc1c(C#N)c(NC(=O)CN2CCC[C@H]2c2nc3ccccc3s2)n(C[C@@H]2CCCO2)c1C. The van der Waals surface area contributed by atoms with Crippen molar-refractivity contribution in [2.45, 2.75) is 58.2 Å². The third-order valence-electron chi connectivity index (χ3n) is 6.91. The Hall–Kier alpha value is -2.73. The van der Waals surface area contributed by atoms with Crippen LogP contribution < -0.4 is 5.32 Å². The summed E-state index contributed by atoms with van der Waals surface area (Å²) in [5, 5.41) is 13.9. The van der Waals surface area contributed by atoms with Crippen molar-refractivity contribution in [3.05, 3.63) is 46.1 Å². The molecule has 7 nitrogen and oxygen atoms in total. The van der Waals surface area contributed by atoms with Crippen molar-refractivity contribution in [2.24, 2.45) is 0 Å². The highest BCUT2D eigenvalue weighted by molar-refractivity contribution is 7.18. The van der Waals surface area contributed by atoms with Crippen LogP contribution in [0.3, 0.4) is 0 Å². The van der Waals surface area contributed by atoms with E-state index in [4.69, 9.17) is 9.72 Å². The number of nitriles is 1. The molecule has 2 fully saturated rings. The average Bonchev–Trinajstić information content (AvgIpc) is 3.59. The molecule has 1 N–H and O–H groups in total. The minimum Gasteiger partial charge on any atom is -0.376 e. The van der Waals surface area contributed by atoms with E-state index in [1.807, 2.05) is 32.0 Å². The Bertz CT molecular complexity index is 1180. The molecule has 2 aliphatic rings. The van der Waals surface area contributed by atoms with Crippen LogP contribution in [0.15, 0.2) is 24.3 Å². The van der Waals surface area contributed by atoms with Gasteiger partial charge in [0.05, 0.1) is 41.0 Å². The molecule has 0 spiro atoms. The molecule has 0 aliphatic carbocycles. The Morgan fingerprint density at radius 1 is 1.30 bits per heavy atom. The predicted octanol–water partition coefficient (Wildman–Crippen LogP) is 4.54. The Balaban J connectivity index is 1.34. The van der Waals surface area contributed by atoms with Gasteiger partial charge in [0.2, 0.25) is 5.91 Å². The monoisotopic (exact) mass is 463 g/mol. The average molecular weight is 464 g/mol. The largest absolute Gasteiger partial charge is 0.376 e. The summed E-state index contributed by atoms with van der Waals surface area (Å²) in [7, 11) is 0. The molecule has 5 rings (SSSR count). The summed E-state index contributed by atoms with van der Waals surface area (Å²) in [6.45, 7) is 6.53. The molecule has 2 aliphatic heterocycles. The minimum absolute atomic E-state index is 0.0920. The number of likely N-dealkylation sites (tertiary alicyclic amines) is 1. The fourth-order valence-corrected chi connectivity index (χ4v) is 6.17. The lowest BCUT2D eigenvalue weighted by atomic mass is 10.2. The van der Waals surface area contributed by atoms with Crippen LogP contribution >= 0.6 is 11.3 Å². The Morgan fingerprint density at radius 2 is 2.15 bits per heavy atom. The van der Waals surface area contributed by atoms with Crippen molar-refractivity contribution in [3.8, 4) is 6.07 Å². The van der Waals surface area contributed by atoms with E-state index in [0.29, 0.717) is 17.9 Å². The number of carbonyl (C=O) groups excluding carboxylic acids is 1. The highest BCUT2D eigenvalue weighted by Gasteiger charge is 2.31. The quantitative estimate of drug-likeness (QED) is 0.580. The van der Waals surface area contributed by atoms with Crippen LogP contribution in [0.25, 0.3) is 10.2 Å². The number of anilines is 1. The number of aromatic nitrogens is 2. The van der Waals surface area contributed by atoms with E-state index in [-0.39, 0.29) is 24.6 Å². The normalized spacial score (nSPS) is 21.0. The zero-order chi connectivity index (χ0) is 22.9. The molecule has 2 aromatic heterocycles. The molecule has 1 amide bonds. The van der Waals surface area contributed by atoms with Crippen LogP contribution in [0.5, 0.6) is 0 Å². The number of hydrogen-bond acceptors (Lipinski definition) is 6. The summed E-state index contributed by atoms with van der Waals surface area (Å²) in [6.07, 6.45) is 4.23. The third kappa shape index (κ3) is 4.29. The second-order valence-corrected chi connectivity index (χ2v) is 10.1. The first-order valence-corrected chi connectivity index (χ1v) is 12.5. The summed E-state index contributed by atoms with van der Waals surface area (Å²) in [6, 6.07) is 10.6. The Morgan fingerprint density at radius 3 is 2.91 bits per heavy atom. The lowest BCUT2D eigenvalue weighted by Gasteiger charge is -2.23. The van der Waals surface area contributed by atoms with E-state index in [9.17, 15) is 10.1 Å². The van der Waals surface area contributed by atoms with Crippen LogP contribution in [0.2, 0.25) is 0 Å².